The highest BCUT2D eigenvalue weighted by molar-refractivity contribution is 5.38. The Bertz CT molecular complexity index is 576. The smallest absolute Gasteiger partial charge is 0.124 e. The lowest BCUT2D eigenvalue weighted by Crippen LogP contribution is -2.07. The minimum Gasteiger partial charge on any atom is -0.494 e. The van der Waals surface area contributed by atoms with Crippen LogP contribution in [0.15, 0.2) is 30.6 Å². The van der Waals surface area contributed by atoms with Gasteiger partial charge in [0, 0.05) is 24.4 Å². The van der Waals surface area contributed by atoms with E-state index in [4.69, 9.17) is 4.74 Å². The Hall–Kier alpha value is -1.81. The van der Waals surface area contributed by atoms with E-state index in [9.17, 15) is 5.11 Å². The molecule has 0 saturated carbocycles. The van der Waals surface area contributed by atoms with Crippen molar-refractivity contribution in [2.24, 2.45) is 0 Å². The highest BCUT2D eigenvalue weighted by atomic mass is 16.5. The number of ether oxygens (including phenoxy) is 1. The predicted molar refractivity (Wildman–Crippen MR) is 83.6 cm³/mol. The van der Waals surface area contributed by atoms with Crippen LogP contribution in [0, 0.1) is 0 Å². The van der Waals surface area contributed by atoms with Gasteiger partial charge in [-0.15, -0.1) is 0 Å². The highest BCUT2D eigenvalue weighted by Gasteiger charge is 2.10. The molecule has 0 aliphatic carbocycles. The number of hydrogen-bond donors (Lipinski definition) is 1. The maximum atomic E-state index is 9.77. The third kappa shape index (κ3) is 3.85. The summed E-state index contributed by atoms with van der Waals surface area (Å²) in [5.74, 6) is 1.96. The van der Waals surface area contributed by atoms with Gasteiger partial charge in [-0.3, -0.25) is 0 Å². The van der Waals surface area contributed by atoms with Gasteiger partial charge in [0.15, 0.2) is 0 Å². The van der Waals surface area contributed by atoms with Crippen molar-refractivity contribution in [3.05, 3.63) is 47.5 Å². The Morgan fingerprint density at radius 3 is 2.81 bits per heavy atom. The van der Waals surface area contributed by atoms with Crippen LogP contribution < -0.4 is 4.74 Å². The number of aryl methyl sites for hydroxylation is 1. The largest absolute Gasteiger partial charge is 0.494 e. The number of imidazole rings is 1. The number of rotatable bonds is 7. The van der Waals surface area contributed by atoms with Gasteiger partial charge in [0.05, 0.1) is 19.3 Å². The average Bonchev–Trinajstić information content (AvgIpc) is 2.88. The molecule has 0 amide bonds. The molecular weight excluding hydrogens is 264 g/mol. The van der Waals surface area contributed by atoms with Gasteiger partial charge in [-0.05, 0) is 38.0 Å². The summed E-state index contributed by atoms with van der Waals surface area (Å²) >= 11 is 0. The Labute approximate surface area is 126 Å². The second kappa shape index (κ2) is 7.27. The van der Waals surface area contributed by atoms with Crippen LogP contribution in [0.5, 0.6) is 5.75 Å². The monoisotopic (exact) mass is 288 g/mol. The van der Waals surface area contributed by atoms with Gasteiger partial charge < -0.3 is 14.4 Å². The summed E-state index contributed by atoms with van der Waals surface area (Å²) < 4.78 is 7.85. The fraction of sp³-hybridized carbons (Fsp3) is 0.471. The average molecular weight is 288 g/mol. The van der Waals surface area contributed by atoms with Gasteiger partial charge in [0.25, 0.3) is 0 Å². The lowest BCUT2D eigenvalue weighted by atomic mass is 10.1. The van der Waals surface area contributed by atoms with E-state index in [0.29, 0.717) is 13.2 Å². The third-order valence-corrected chi connectivity index (χ3v) is 3.48. The summed E-state index contributed by atoms with van der Waals surface area (Å²) in [4.78, 5) is 4.41. The zero-order valence-corrected chi connectivity index (χ0v) is 13.0. The SMILES string of the molecule is CCCc1nccn1Cc1cc(C(C)O)ccc1OCC. The zero-order chi connectivity index (χ0) is 15.2. The molecule has 0 radical (unpaired) electrons. The van der Waals surface area contributed by atoms with Crippen LogP contribution in [0.2, 0.25) is 0 Å². The van der Waals surface area contributed by atoms with Crippen LogP contribution in [0.4, 0.5) is 0 Å². The molecule has 1 atom stereocenters. The molecule has 1 aromatic heterocycles. The molecule has 4 nitrogen and oxygen atoms in total. The van der Waals surface area contributed by atoms with Crippen molar-refractivity contribution in [2.45, 2.75) is 46.3 Å². The van der Waals surface area contributed by atoms with Gasteiger partial charge in [0.1, 0.15) is 11.6 Å². The molecule has 114 valence electrons. The van der Waals surface area contributed by atoms with Crippen LogP contribution >= 0.6 is 0 Å². The summed E-state index contributed by atoms with van der Waals surface area (Å²) in [6, 6.07) is 5.88. The molecule has 0 fully saturated rings. The molecule has 0 saturated heterocycles. The van der Waals surface area contributed by atoms with E-state index in [2.05, 4.69) is 16.5 Å². The Morgan fingerprint density at radius 1 is 1.33 bits per heavy atom. The number of aliphatic hydroxyl groups is 1. The fourth-order valence-electron chi connectivity index (χ4n) is 2.40. The van der Waals surface area contributed by atoms with Gasteiger partial charge in [-0.1, -0.05) is 13.0 Å². The van der Waals surface area contributed by atoms with E-state index in [1.807, 2.05) is 37.5 Å². The van der Waals surface area contributed by atoms with Crippen molar-refractivity contribution < 1.29 is 9.84 Å². The summed E-state index contributed by atoms with van der Waals surface area (Å²) in [6.45, 7) is 7.25. The molecule has 1 unspecified atom stereocenters. The quantitative estimate of drug-likeness (QED) is 0.850. The first-order valence-corrected chi connectivity index (χ1v) is 7.59. The zero-order valence-electron chi connectivity index (χ0n) is 13.0. The molecule has 0 spiro atoms. The van der Waals surface area contributed by atoms with Crippen molar-refractivity contribution in [3.63, 3.8) is 0 Å². The summed E-state index contributed by atoms with van der Waals surface area (Å²) in [5.41, 5.74) is 1.98. The normalized spacial score (nSPS) is 12.4. The molecule has 1 N–H and O–H groups in total. The second-order valence-corrected chi connectivity index (χ2v) is 5.20. The fourth-order valence-corrected chi connectivity index (χ4v) is 2.40. The number of benzene rings is 1. The molecule has 1 aromatic carbocycles. The van der Waals surface area contributed by atoms with Crippen molar-refractivity contribution in [3.8, 4) is 5.75 Å². The van der Waals surface area contributed by atoms with Crippen molar-refractivity contribution in [1.82, 2.24) is 9.55 Å². The van der Waals surface area contributed by atoms with Crippen LogP contribution in [-0.2, 0) is 13.0 Å². The van der Waals surface area contributed by atoms with Crippen molar-refractivity contribution >= 4 is 0 Å². The molecule has 0 aliphatic heterocycles. The molecule has 2 rings (SSSR count). The van der Waals surface area contributed by atoms with E-state index < -0.39 is 6.10 Å². The van der Waals surface area contributed by atoms with E-state index in [1.165, 1.54) is 0 Å². The number of aliphatic hydroxyl groups excluding tert-OH is 1. The van der Waals surface area contributed by atoms with E-state index in [1.54, 1.807) is 6.92 Å². The van der Waals surface area contributed by atoms with E-state index in [0.717, 1.165) is 35.5 Å². The summed E-state index contributed by atoms with van der Waals surface area (Å²) in [6.07, 6.45) is 5.40. The lowest BCUT2D eigenvalue weighted by Gasteiger charge is -2.15. The van der Waals surface area contributed by atoms with Crippen LogP contribution in [0.1, 0.15) is 50.2 Å². The minimum absolute atomic E-state index is 0.475. The first kappa shape index (κ1) is 15.6. The van der Waals surface area contributed by atoms with Gasteiger partial charge in [-0.2, -0.15) is 0 Å². The molecule has 2 aromatic rings. The molecule has 0 bridgehead atoms. The number of nitrogens with zero attached hydrogens (tertiary/aromatic N) is 2. The molecular formula is C17H24N2O2. The Kier molecular flexibility index (Phi) is 5.39. The van der Waals surface area contributed by atoms with Crippen LogP contribution in [0.25, 0.3) is 0 Å². The number of aromatic nitrogens is 2. The van der Waals surface area contributed by atoms with Crippen molar-refractivity contribution in [1.29, 1.82) is 0 Å². The topological polar surface area (TPSA) is 47.3 Å². The van der Waals surface area contributed by atoms with Gasteiger partial charge in [0.2, 0.25) is 0 Å². The Balaban J connectivity index is 2.31. The summed E-state index contributed by atoms with van der Waals surface area (Å²) in [7, 11) is 0. The number of hydrogen-bond acceptors (Lipinski definition) is 3. The third-order valence-electron chi connectivity index (χ3n) is 3.48. The van der Waals surface area contributed by atoms with Crippen LogP contribution in [-0.4, -0.2) is 21.3 Å². The maximum Gasteiger partial charge on any atom is 0.124 e. The van der Waals surface area contributed by atoms with Gasteiger partial charge in [-0.25, -0.2) is 4.98 Å². The van der Waals surface area contributed by atoms with E-state index in [-0.39, 0.29) is 0 Å². The van der Waals surface area contributed by atoms with Crippen molar-refractivity contribution in [2.75, 3.05) is 6.61 Å². The minimum atomic E-state index is -0.475. The summed E-state index contributed by atoms with van der Waals surface area (Å²) in [5, 5.41) is 9.77. The molecule has 21 heavy (non-hydrogen) atoms. The highest BCUT2D eigenvalue weighted by Crippen LogP contribution is 2.25. The Morgan fingerprint density at radius 2 is 2.14 bits per heavy atom. The molecule has 4 heteroatoms. The first-order valence-electron chi connectivity index (χ1n) is 7.59. The van der Waals surface area contributed by atoms with Crippen LogP contribution in [0.3, 0.4) is 0 Å². The first-order chi connectivity index (χ1) is 10.2. The molecule has 0 aliphatic rings. The lowest BCUT2D eigenvalue weighted by molar-refractivity contribution is 0.199. The molecule has 1 heterocycles. The predicted octanol–water partition coefficient (Wildman–Crippen LogP) is 3.34. The second-order valence-electron chi connectivity index (χ2n) is 5.20. The van der Waals surface area contributed by atoms with E-state index >= 15 is 0 Å². The standard InChI is InChI=1S/C17H24N2O2/c1-4-6-17-18-9-10-19(17)12-15-11-14(13(3)20)7-8-16(15)21-5-2/h7-11,13,20H,4-6,12H2,1-3H3. The maximum absolute atomic E-state index is 9.77. The van der Waals surface area contributed by atoms with Gasteiger partial charge >= 0.3 is 0 Å².